The Morgan fingerprint density at radius 2 is 1.65 bits per heavy atom. The summed E-state index contributed by atoms with van der Waals surface area (Å²) < 4.78 is 15.4. The van der Waals surface area contributed by atoms with Gasteiger partial charge < -0.3 is 24.8 Å². The number of benzene rings is 2. The Balaban J connectivity index is 1.88. The molecule has 0 aliphatic heterocycles. The minimum atomic E-state index is -0.268. The molecule has 26 heavy (non-hydrogen) atoms. The van der Waals surface area contributed by atoms with E-state index in [-0.39, 0.29) is 24.8 Å². The normalized spacial score (nSPS) is 9.96. The molecule has 0 atom stereocenters. The Morgan fingerprint density at radius 3 is 2.35 bits per heavy atom. The number of amides is 2. The highest BCUT2D eigenvalue weighted by atomic mass is 16.5. The van der Waals surface area contributed by atoms with Crippen LogP contribution in [-0.2, 0) is 4.79 Å². The third-order valence-electron chi connectivity index (χ3n) is 3.65. The second-order valence-corrected chi connectivity index (χ2v) is 5.35. The van der Waals surface area contributed by atoms with Crippen LogP contribution in [0.5, 0.6) is 17.2 Å². The van der Waals surface area contributed by atoms with Gasteiger partial charge in [-0.15, -0.1) is 0 Å². The topological polar surface area (TPSA) is 85.9 Å². The van der Waals surface area contributed by atoms with Crippen LogP contribution in [0.25, 0.3) is 0 Å². The molecule has 0 radical (unpaired) electrons. The van der Waals surface area contributed by atoms with Gasteiger partial charge in [-0.1, -0.05) is 6.07 Å². The average molecular weight is 358 g/mol. The maximum Gasteiger partial charge on any atom is 0.251 e. The molecule has 0 heterocycles. The number of carbonyl (C=O) groups is 2. The first-order chi connectivity index (χ1) is 12.6. The molecule has 2 amide bonds. The van der Waals surface area contributed by atoms with Crippen molar-refractivity contribution in [2.75, 3.05) is 33.2 Å². The predicted molar refractivity (Wildman–Crippen MR) is 98.1 cm³/mol. The zero-order valence-electron chi connectivity index (χ0n) is 15.0. The first-order valence-corrected chi connectivity index (χ1v) is 8.01. The molecule has 2 aromatic carbocycles. The number of anilines is 1. The van der Waals surface area contributed by atoms with Gasteiger partial charge in [0.1, 0.15) is 17.2 Å². The number of nitrogens with one attached hydrogen (secondary N) is 2. The van der Waals surface area contributed by atoms with Crippen molar-refractivity contribution in [2.24, 2.45) is 0 Å². The van der Waals surface area contributed by atoms with Crippen molar-refractivity contribution in [2.45, 2.75) is 6.42 Å². The second-order valence-electron chi connectivity index (χ2n) is 5.35. The summed E-state index contributed by atoms with van der Waals surface area (Å²) >= 11 is 0. The van der Waals surface area contributed by atoms with Gasteiger partial charge in [-0.3, -0.25) is 9.59 Å². The first-order valence-electron chi connectivity index (χ1n) is 8.01. The van der Waals surface area contributed by atoms with E-state index >= 15 is 0 Å². The predicted octanol–water partition coefficient (Wildman–Crippen LogP) is 2.47. The first kappa shape index (κ1) is 19.1. The summed E-state index contributed by atoms with van der Waals surface area (Å²) in [5, 5.41) is 5.46. The Bertz CT molecular complexity index is 776. The summed E-state index contributed by atoms with van der Waals surface area (Å²) in [6.45, 7) is 0.203. The van der Waals surface area contributed by atoms with Gasteiger partial charge in [0.05, 0.1) is 27.0 Å². The molecule has 0 fully saturated rings. The molecule has 0 saturated carbocycles. The van der Waals surface area contributed by atoms with Crippen molar-refractivity contribution in [3.05, 3.63) is 48.0 Å². The van der Waals surface area contributed by atoms with Crippen LogP contribution >= 0.6 is 0 Å². The van der Waals surface area contributed by atoms with E-state index in [1.165, 1.54) is 14.2 Å². The van der Waals surface area contributed by atoms with Crippen molar-refractivity contribution in [1.82, 2.24) is 5.32 Å². The third-order valence-corrected chi connectivity index (χ3v) is 3.65. The third kappa shape index (κ3) is 5.14. The van der Waals surface area contributed by atoms with Crippen LogP contribution in [0.2, 0.25) is 0 Å². The van der Waals surface area contributed by atoms with E-state index < -0.39 is 0 Å². The lowest BCUT2D eigenvalue weighted by molar-refractivity contribution is -0.116. The fourth-order valence-corrected chi connectivity index (χ4v) is 2.28. The standard InChI is InChI=1S/C19H22N2O5/c1-24-14-6-4-5-13(11-14)19(23)20-10-9-18(22)21-16-12-15(25-2)7-8-17(16)26-3/h4-8,11-12H,9-10H2,1-3H3,(H,20,23)(H,21,22). The van der Waals surface area contributed by atoms with Crippen LogP contribution in [0.1, 0.15) is 16.8 Å². The van der Waals surface area contributed by atoms with Crippen LogP contribution in [0.4, 0.5) is 5.69 Å². The van der Waals surface area contributed by atoms with E-state index in [1.807, 2.05) is 0 Å². The minimum absolute atomic E-state index is 0.121. The fourth-order valence-electron chi connectivity index (χ4n) is 2.28. The molecule has 0 bridgehead atoms. The molecule has 0 aliphatic rings. The van der Waals surface area contributed by atoms with Crippen molar-refractivity contribution < 1.29 is 23.8 Å². The van der Waals surface area contributed by atoms with Gasteiger partial charge in [-0.25, -0.2) is 0 Å². The van der Waals surface area contributed by atoms with Gasteiger partial charge in [0.15, 0.2) is 0 Å². The monoisotopic (exact) mass is 358 g/mol. The van der Waals surface area contributed by atoms with Crippen LogP contribution in [-0.4, -0.2) is 39.7 Å². The molecule has 0 aliphatic carbocycles. The van der Waals surface area contributed by atoms with Crippen LogP contribution < -0.4 is 24.8 Å². The molecule has 7 nitrogen and oxygen atoms in total. The Morgan fingerprint density at radius 1 is 0.923 bits per heavy atom. The van der Waals surface area contributed by atoms with Gasteiger partial charge in [0.25, 0.3) is 5.91 Å². The Hall–Kier alpha value is -3.22. The number of rotatable bonds is 8. The molecule has 0 unspecified atom stereocenters. The van der Waals surface area contributed by atoms with E-state index in [1.54, 1.807) is 49.6 Å². The maximum atomic E-state index is 12.1. The van der Waals surface area contributed by atoms with Crippen LogP contribution in [0.3, 0.4) is 0 Å². The number of methoxy groups -OCH3 is 3. The second kappa shape index (κ2) is 9.31. The highest BCUT2D eigenvalue weighted by molar-refractivity contribution is 5.96. The largest absolute Gasteiger partial charge is 0.497 e. The van der Waals surface area contributed by atoms with Gasteiger partial charge in [0, 0.05) is 24.6 Å². The molecule has 2 aromatic rings. The molecular weight excluding hydrogens is 336 g/mol. The Labute approximate surface area is 152 Å². The summed E-state index contributed by atoms with van der Waals surface area (Å²) in [5.74, 6) is 1.21. The zero-order valence-corrected chi connectivity index (χ0v) is 15.0. The van der Waals surface area contributed by atoms with Crippen LogP contribution in [0.15, 0.2) is 42.5 Å². The van der Waals surface area contributed by atoms with Gasteiger partial charge in [-0.2, -0.15) is 0 Å². The van der Waals surface area contributed by atoms with Crippen molar-refractivity contribution in [3.63, 3.8) is 0 Å². The van der Waals surface area contributed by atoms with E-state index in [0.29, 0.717) is 28.5 Å². The molecule has 2 N–H and O–H groups in total. The van der Waals surface area contributed by atoms with Gasteiger partial charge in [0.2, 0.25) is 5.91 Å². The zero-order chi connectivity index (χ0) is 18.9. The molecule has 138 valence electrons. The lowest BCUT2D eigenvalue weighted by Gasteiger charge is -2.12. The molecule has 0 aromatic heterocycles. The summed E-state index contributed by atoms with van der Waals surface area (Å²) in [6, 6.07) is 11.9. The maximum absolute atomic E-state index is 12.1. The molecular formula is C19H22N2O5. The summed E-state index contributed by atoms with van der Waals surface area (Å²) in [5.41, 5.74) is 0.982. The molecule has 7 heteroatoms. The van der Waals surface area contributed by atoms with Crippen molar-refractivity contribution in [1.29, 1.82) is 0 Å². The summed E-state index contributed by atoms with van der Waals surface area (Å²) in [4.78, 5) is 24.2. The smallest absolute Gasteiger partial charge is 0.251 e. The number of hydrogen-bond acceptors (Lipinski definition) is 5. The van der Waals surface area contributed by atoms with E-state index in [9.17, 15) is 9.59 Å². The van der Waals surface area contributed by atoms with Crippen molar-refractivity contribution >= 4 is 17.5 Å². The summed E-state index contributed by atoms with van der Waals surface area (Å²) in [7, 11) is 4.60. The highest BCUT2D eigenvalue weighted by Crippen LogP contribution is 2.28. The average Bonchev–Trinajstić information content (AvgIpc) is 2.67. The van der Waals surface area contributed by atoms with E-state index in [0.717, 1.165) is 0 Å². The molecule has 0 spiro atoms. The SMILES string of the molecule is COc1cccc(C(=O)NCCC(=O)Nc2cc(OC)ccc2OC)c1. The minimum Gasteiger partial charge on any atom is -0.497 e. The van der Waals surface area contributed by atoms with E-state index in [2.05, 4.69) is 10.6 Å². The fraction of sp³-hybridized carbons (Fsp3) is 0.263. The quantitative estimate of drug-likeness (QED) is 0.757. The lowest BCUT2D eigenvalue weighted by Crippen LogP contribution is -2.27. The van der Waals surface area contributed by atoms with E-state index in [4.69, 9.17) is 14.2 Å². The highest BCUT2D eigenvalue weighted by Gasteiger charge is 2.11. The lowest BCUT2D eigenvalue weighted by atomic mass is 10.2. The molecule has 2 rings (SSSR count). The van der Waals surface area contributed by atoms with Crippen molar-refractivity contribution in [3.8, 4) is 17.2 Å². The number of ether oxygens (including phenoxy) is 3. The molecule has 0 saturated heterocycles. The van der Waals surface area contributed by atoms with Gasteiger partial charge in [-0.05, 0) is 30.3 Å². The Kier molecular flexibility index (Phi) is 6.84. The number of carbonyl (C=O) groups excluding carboxylic acids is 2. The van der Waals surface area contributed by atoms with Gasteiger partial charge >= 0.3 is 0 Å². The summed E-state index contributed by atoms with van der Waals surface area (Å²) in [6.07, 6.45) is 0.121. The number of hydrogen-bond donors (Lipinski definition) is 2. The van der Waals surface area contributed by atoms with Crippen LogP contribution in [0, 0.1) is 0 Å².